The Labute approximate surface area is 334 Å². The van der Waals surface area contributed by atoms with E-state index >= 15 is 0 Å². The van der Waals surface area contributed by atoms with Gasteiger partial charge in [-0.3, -0.25) is 29.4 Å². The molecule has 9 N–H and O–H groups in total. The molecule has 5 aliphatic heterocycles. The van der Waals surface area contributed by atoms with Crippen molar-refractivity contribution in [3.8, 4) is 0 Å². The first-order valence-corrected chi connectivity index (χ1v) is 21.3. The van der Waals surface area contributed by atoms with Crippen LogP contribution in [-0.4, -0.2) is 138 Å². The lowest BCUT2D eigenvalue weighted by Crippen LogP contribution is -2.36. The number of hydroxylamine groups is 2. The first-order valence-electron chi connectivity index (χ1n) is 19.2. The minimum absolute atomic E-state index is 0.0103. The van der Waals surface area contributed by atoms with Gasteiger partial charge in [-0.25, -0.2) is 20.2 Å². The zero-order chi connectivity index (χ0) is 40.3. The summed E-state index contributed by atoms with van der Waals surface area (Å²) in [6, 6.07) is 0.739. The molecule has 5 fully saturated rings. The van der Waals surface area contributed by atoms with E-state index in [1.165, 1.54) is 0 Å². The van der Waals surface area contributed by atoms with Crippen LogP contribution >= 0.6 is 23.5 Å². The van der Waals surface area contributed by atoms with Crippen LogP contribution in [0.25, 0.3) is 0 Å². The van der Waals surface area contributed by atoms with Crippen LogP contribution in [0.15, 0.2) is 0 Å². The highest BCUT2D eigenvalue weighted by Gasteiger charge is 2.43. The molecule has 0 aromatic carbocycles. The number of urea groups is 2. The first kappa shape index (κ1) is 44.8. The van der Waals surface area contributed by atoms with E-state index in [0.717, 1.165) is 50.0 Å². The smallest absolute Gasteiger partial charge is 0.335 e. The summed E-state index contributed by atoms with van der Waals surface area (Å²) in [5.74, 6) is 4.77. The molecular weight excluding hydrogens is 775 g/mol. The molecule has 22 heteroatoms. The second-order valence-corrected chi connectivity index (χ2v) is 16.3. The molecule has 56 heavy (non-hydrogen) atoms. The third kappa shape index (κ3) is 15.2. The molecule has 9 amide bonds. The molecule has 0 aliphatic carbocycles. The SMILES string of the molecule is NNC(=O)CCOCCNC(=O)CCCCC1SCC2NC(=O)NC21.O=C(CCCCC1SCC2NC(=O)NC21)NCCOCCC(=O)ON1C(=O)CCC1=O. The quantitative estimate of drug-likeness (QED) is 0.0154. The molecule has 0 radical (unpaired) electrons. The number of carbonyl (C=O) groups excluding carboxylic acids is 8. The Bertz CT molecular complexity index is 1380. The van der Waals surface area contributed by atoms with Gasteiger partial charge in [0.25, 0.3) is 11.8 Å². The number of thioether (sulfide) groups is 2. The summed E-state index contributed by atoms with van der Waals surface area (Å²) in [5.41, 5.74) is 2.02. The summed E-state index contributed by atoms with van der Waals surface area (Å²) < 4.78 is 10.5. The fourth-order valence-electron chi connectivity index (χ4n) is 6.65. The molecule has 5 heterocycles. The normalized spacial score (nSPS) is 24.6. The minimum atomic E-state index is -0.715. The number of amides is 9. The van der Waals surface area contributed by atoms with Crippen LogP contribution in [0.1, 0.15) is 77.0 Å². The van der Waals surface area contributed by atoms with Crippen molar-refractivity contribution in [1.82, 2.24) is 42.4 Å². The van der Waals surface area contributed by atoms with Gasteiger partial charge in [0.2, 0.25) is 17.7 Å². The fourth-order valence-corrected chi connectivity index (χ4v) is 9.74. The van der Waals surface area contributed by atoms with Crippen LogP contribution in [0.3, 0.4) is 0 Å². The summed E-state index contributed by atoms with van der Waals surface area (Å²) in [7, 11) is 0. The van der Waals surface area contributed by atoms with E-state index < -0.39 is 17.8 Å². The number of hydrogen-bond donors (Lipinski definition) is 8. The van der Waals surface area contributed by atoms with E-state index in [1.54, 1.807) is 0 Å². The number of nitrogens with two attached hydrogens (primary N) is 1. The van der Waals surface area contributed by atoms with Crippen molar-refractivity contribution in [1.29, 1.82) is 0 Å². The average Bonchev–Trinajstić information content (AvgIpc) is 3.99. The number of imide groups is 1. The highest BCUT2D eigenvalue weighted by Crippen LogP contribution is 2.34. The summed E-state index contributed by atoms with van der Waals surface area (Å²) in [6.45, 7) is 1.73. The largest absolute Gasteiger partial charge is 0.379 e. The molecule has 0 bridgehead atoms. The van der Waals surface area contributed by atoms with Crippen LogP contribution in [0.4, 0.5) is 9.59 Å². The maximum absolute atomic E-state index is 11.9. The van der Waals surface area contributed by atoms with Crippen LogP contribution in [0.5, 0.6) is 0 Å². The number of hydrogen-bond acceptors (Lipinski definition) is 14. The Hall–Kier alpha value is -3.86. The Morgan fingerprint density at radius 3 is 1.61 bits per heavy atom. The van der Waals surface area contributed by atoms with Gasteiger partial charge in [-0.05, 0) is 25.7 Å². The maximum atomic E-state index is 11.9. The third-order valence-corrected chi connectivity index (χ3v) is 12.6. The number of fused-ring (bicyclic) bond motifs is 2. The predicted molar refractivity (Wildman–Crippen MR) is 204 cm³/mol. The van der Waals surface area contributed by atoms with Gasteiger partial charge in [0, 0.05) is 60.8 Å². The Morgan fingerprint density at radius 1 is 0.643 bits per heavy atom. The summed E-state index contributed by atoms with van der Waals surface area (Å²) in [5, 5.41) is 18.7. The molecule has 0 spiro atoms. The molecule has 5 aliphatic rings. The zero-order valence-corrected chi connectivity index (χ0v) is 33.1. The Morgan fingerprint density at radius 2 is 1.12 bits per heavy atom. The molecule has 6 unspecified atom stereocenters. The van der Waals surface area contributed by atoms with Gasteiger partial charge in [-0.2, -0.15) is 23.5 Å². The molecule has 314 valence electrons. The molecule has 5 rings (SSSR count). The number of rotatable bonds is 23. The van der Waals surface area contributed by atoms with Crippen molar-refractivity contribution in [2.75, 3.05) is 51.0 Å². The highest BCUT2D eigenvalue weighted by atomic mass is 32.2. The van der Waals surface area contributed by atoms with Gasteiger partial charge >= 0.3 is 18.0 Å². The number of nitrogens with one attached hydrogen (secondary N) is 7. The van der Waals surface area contributed by atoms with Crippen molar-refractivity contribution >= 4 is 71.1 Å². The number of unbranched alkanes of at least 4 members (excludes halogenated alkanes) is 2. The first-order chi connectivity index (χ1) is 27.0. The summed E-state index contributed by atoms with van der Waals surface area (Å²) in [6.07, 6.45) is 6.62. The van der Waals surface area contributed by atoms with E-state index in [-0.39, 0.29) is 99.5 Å². The van der Waals surface area contributed by atoms with Gasteiger partial charge < -0.3 is 46.2 Å². The summed E-state index contributed by atoms with van der Waals surface area (Å²) in [4.78, 5) is 96.2. The van der Waals surface area contributed by atoms with E-state index in [2.05, 4.69) is 31.9 Å². The second kappa shape index (κ2) is 24.0. The molecule has 0 saturated carbocycles. The van der Waals surface area contributed by atoms with Crippen LogP contribution in [-0.2, 0) is 43.1 Å². The van der Waals surface area contributed by atoms with E-state index in [9.17, 15) is 38.4 Å². The van der Waals surface area contributed by atoms with Crippen molar-refractivity contribution in [3.63, 3.8) is 0 Å². The number of carbonyl (C=O) groups is 8. The predicted octanol–water partition coefficient (Wildman–Crippen LogP) is -0.933. The van der Waals surface area contributed by atoms with E-state index in [1.807, 2.05) is 28.9 Å². The zero-order valence-electron chi connectivity index (χ0n) is 31.4. The summed E-state index contributed by atoms with van der Waals surface area (Å²) >= 11 is 3.75. The molecule has 0 aromatic rings. The van der Waals surface area contributed by atoms with Crippen molar-refractivity contribution in [2.45, 2.75) is 112 Å². The lowest BCUT2D eigenvalue weighted by atomic mass is 10.0. The van der Waals surface area contributed by atoms with Crippen molar-refractivity contribution in [2.24, 2.45) is 5.84 Å². The average molecular weight is 830 g/mol. The minimum Gasteiger partial charge on any atom is -0.379 e. The van der Waals surface area contributed by atoms with Gasteiger partial charge in [0.15, 0.2) is 0 Å². The lowest BCUT2D eigenvalue weighted by molar-refractivity contribution is -0.198. The third-order valence-electron chi connectivity index (χ3n) is 9.58. The lowest BCUT2D eigenvalue weighted by Gasteiger charge is -2.16. The monoisotopic (exact) mass is 829 g/mol. The molecular formula is C34H55N9O11S2. The topological polar surface area (TPSA) is 278 Å². The van der Waals surface area contributed by atoms with Gasteiger partial charge in [0.1, 0.15) is 0 Å². The number of ether oxygens (including phenoxy) is 2. The van der Waals surface area contributed by atoms with E-state index in [4.69, 9.17) is 20.2 Å². The van der Waals surface area contributed by atoms with Gasteiger partial charge in [-0.1, -0.05) is 12.8 Å². The van der Waals surface area contributed by atoms with Gasteiger partial charge in [0.05, 0.1) is 63.4 Å². The molecule has 5 saturated heterocycles. The highest BCUT2D eigenvalue weighted by molar-refractivity contribution is 8.00. The van der Waals surface area contributed by atoms with E-state index in [0.29, 0.717) is 48.1 Å². The van der Waals surface area contributed by atoms with Crippen molar-refractivity contribution in [3.05, 3.63) is 0 Å². The molecule has 6 atom stereocenters. The fraction of sp³-hybridized carbons (Fsp3) is 0.765. The van der Waals surface area contributed by atoms with Crippen LogP contribution in [0, 0.1) is 0 Å². The standard InChI is InChI=1S/C19H28N4O7S.C15H27N5O4S/c24-14(4-2-1-3-13-18-12(11-31-13)21-19(28)22-18)20-8-10-29-9-7-17(27)30-23-15(25)5-6-16(23)26;16-20-13(22)5-7-24-8-6-17-12(21)4-2-1-3-11-14-10(9-25-11)18-15(23)19-14/h12-13,18H,1-11H2,(H,20,24)(H2,21,22,28);10-11,14H,1-9,16H2,(H,17,21)(H,20,22)(H2,18,19,23). The molecule has 20 nitrogen and oxygen atoms in total. The number of nitrogens with zero attached hydrogens (tertiary/aromatic N) is 1. The second-order valence-electron chi connectivity index (χ2n) is 13.8. The Balaban J connectivity index is 0.000000255. The van der Waals surface area contributed by atoms with Crippen molar-refractivity contribution < 1.29 is 52.7 Å². The van der Waals surface area contributed by atoms with Crippen LogP contribution < -0.4 is 43.2 Å². The maximum Gasteiger partial charge on any atom is 0.335 e. The Kier molecular flexibility index (Phi) is 19.2. The number of hydrazine groups is 1. The molecule has 0 aromatic heterocycles. The van der Waals surface area contributed by atoms with Gasteiger partial charge in [-0.15, -0.1) is 5.06 Å². The van der Waals surface area contributed by atoms with Crippen LogP contribution in [0.2, 0.25) is 0 Å².